The minimum absolute atomic E-state index is 0.0618. The van der Waals surface area contributed by atoms with Gasteiger partial charge in [-0.15, -0.1) is 5.10 Å². The molecule has 4 rings (SSSR count). The molecule has 8 nitrogen and oxygen atoms in total. The van der Waals surface area contributed by atoms with Crippen molar-refractivity contribution in [1.82, 2.24) is 29.9 Å². The van der Waals surface area contributed by atoms with Crippen LogP contribution >= 0.6 is 11.8 Å². The number of aromatic nitrogens is 5. The molecular weight excluding hydrogens is 424 g/mol. The first-order valence-electron chi connectivity index (χ1n) is 10.8. The van der Waals surface area contributed by atoms with Gasteiger partial charge < -0.3 is 9.64 Å². The van der Waals surface area contributed by atoms with E-state index in [1.165, 1.54) is 11.8 Å². The van der Waals surface area contributed by atoms with Crippen LogP contribution in [-0.4, -0.2) is 56.0 Å². The molecule has 0 spiro atoms. The highest BCUT2D eigenvalue weighted by atomic mass is 32.2. The van der Waals surface area contributed by atoms with Crippen LogP contribution in [0.4, 0.5) is 0 Å². The van der Waals surface area contributed by atoms with Crippen LogP contribution in [0.1, 0.15) is 47.3 Å². The third-order valence-corrected chi connectivity index (χ3v) is 6.39. The maximum Gasteiger partial charge on any atom is 0.276 e. The number of hydrogen-bond donors (Lipinski definition) is 0. The molecule has 0 bridgehead atoms. The van der Waals surface area contributed by atoms with Crippen LogP contribution in [0.3, 0.4) is 0 Å². The number of carbonyl (C=O) groups is 1. The van der Waals surface area contributed by atoms with E-state index in [1.807, 2.05) is 49.1 Å². The molecule has 32 heavy (non-hydrogen) atoms. The van der Waals surface area contributed by atoms with Gasteiger partial charge in [0.1, 0.15) is 5.75 Å². The van der Waals surface area contributed by atoms with E-state index in [4.69, 9.17) is 4.74 Å². The van der Waals surface area contributed by atoms with E-state index >= 15 is 0 Å². The fraction of sp³-hybridized carbons (Fsp3) is 0.435. The van der Waals surface area contributed by atoms with Gasteiger partial charge in [-0.25, -0.2) is 14.6 Å². The van der Waals surface area contributed by atoms with Crippen LogP contribution < -0.4 is 4.74 Å². The van der Waals surface area contributed by atoms with Crippen LogP contribution in [0.25, 0.3) is 5.69 Å². The molecule has 1 aliphatic rings. The van der Waals surface area contributed by atoms with Crippen molar-refractivity contribution in [2.45, 2.75) is 44.5 Å². The number of ether oxygens (including phenoxy) is 1. The Kier molecular flexibility index (Phi) is 6.74. The average Bonchev–Trinajstić information content (AvgIpc) is 3.20. The molecule has 1 atom stereocenters. The number of carbonyl (C=O) groups excluding carboxylic acids is 1. The first-order chi connectivity index (χ1) is 15.4. The van der Waals surface area contributed by atoms with Gasteiger partial charge in [-0.05, 0) is 62.9 Å². The number of methoxy groups -OCH3 is 1. The monoisotopic (exact) mass is 452 g/mol. The summed E-state index contributed by atoms with van der Waals surface area (Å²) >= 11 is 1.48. The standard InChI is InChI=1S/C23H28N6O2S/c1-15-6-5-11-28(13-15)22(30)21-20(14-32-23-24-16(2)12-17(3)25-23)29(27-26-21)18-7-9-19(31-4)10-8-18/h7-10,12,15H,5-6,11,13-14H2,1-4H3. The Bertz CT molecular complexity index is 1080. The molecule has 1 aliphatic heterocycles. The molecule has 1 amide bonds. The maximum absolute atomic E-state index is 13.4. The van der Waals surface area contributed by atoms with E-state index < -0.39 is 0 Å². The minimum Gasteiger partial charge on any atom is -0.497 e. The van der Waals surface area contributed by atoms with Crippen molar-refractivity contribution in [1.29, 1.82) is 0 Å². The zero-order valence-corrected chi connectivity index (χ0v) is 19.7. The number of rotatable bonds is 6. The number of likely N-dealkylation sites (tertiary alicyclic amines) is 1. The van der Waals surface area contributed by atoms with Crippen molar-refractivity contribution >= 4 is 17.7 Å². The number of piperidine rings is 1. The van der Waals surface area contributed by atoms with Crippen molar-refractivity contribution in [3.8, 4) is 11.4 Å². The largest absolute Gasteiger partial charge is 0.497 e. The first-order valence-corrected chi connectivity index (χ1v) is 11.8. The fourth-order valence-corrected chi connectivity index (χ4v) is 4.88. The third kappa shape index (κ3) is 4.93. The fourth-order valence-electron chi connectivity index (χ4n) is 3.94. The lowest BCUT2D eigenvalue weighted by Crippen LogP contribution is -2.39. The van der Waals surface area contributed by atoms with E-state index in [1.54, 1.807) is 11.8 Å². The summed E-state index contributed by atoms with van der Waals surface area (Å²) in [7, 11) is 1.63. The molecule has 0 N–H and O–H groups in total. The van der Waals surface area contributed by atoms with E-state index in [9.17, 15) is 4.79 Å². The highest BCUT2D eigenvalue weighted by Crippen LogP contribution is 2.26. The van der Waals surface area contributed by atoms with Gasteiger partial charge in [0.2, 0.25) is 0 Å². The first kappa shape index (κ1) is 22.3. The molecule has 3 aromatic rings. The molecule has 0 radical (unpaired) electrons. The number of hydrogen-bond acceptors (Lipinski definition) is 7. The lowest BCUT2D eigenvalue weighted by molar-refractivity contribution is 0.0676. The zero-order valence-electron chi connectivity index (χ0n) is 18.9. The predicted molar refractivity (Wildman–Crippen MR) is 123 cm³/mol. The van der Waals surface area contributed by atoms with Crippen LogP contribution in [0, 0.1) is 19.8 Å². The van der Waals surface area contributed by atoms with Crippen molar-refractivity contribution in [3.63, 3.8) is 0 Å². The van der Waals surface area contributed by atoms with E-state index in [2.05, 4.69) is 27.2 Å². The number of benzene rings is 1. The number of nitrogens with zero attached hydrogens (tertiary/aromatic N) is 6. The normalized spacial score (nSPS) is 16.2. The van der Waals surface area contributed by atoms with Crippen LogP contribution in [0.2, 0.25) is 0 Å². The maximum atomic E-state index is 13.4. The highest BCUT2D eigenvalue weighted by Gasteiger charge is 2.28. The molecule has 1 unspecified atom stereocenters. The summed E-state index contributed by atoms with van der Waals surface area (Å²) in [5.74, 6) is 1.66. The Morgan fingerprint density at radius 3 is 2.56 bits per heavy atom. The number of amides is 1. The average molecular weight is 453 g/mol. The molecule has 0 saturated carbocycles. The second-order valence-corrected chi connectivity index (χ2v) is 9.16. The van der Waals surface area contributed by atoms with Gasteiger partial charge in [0, 0.05) is 30.2 Å². The summed E-state index contributed by atoms with van der Waals surface area (Å²) in [5, 5.41) is 9.34. The quantitative estimate of drug-likeness (QED) is 0.415. The molecule has 9 heteroatoms. The van der Waals surface area contributed by atoms with Gasteiger partial charge in [-0.1, -0.05) is 23.9 Å². The summed E-state index contributed by atoms with van der Waals surface area (Å²) in [4.78, 5) is 24.3. The Hall–Kier alpha value is -2.94. The van der Waals surface area contributed by atoms with E-state index in [0.717, 1.165) is 54.4 Å². The number of thioether (sulfide) groups is 1. The second-order valence-electron chi connectivity index (χ2n) is 8.22. The van der Waals surface area contributed by atoms with Gasteiger partial charge >= 0.3 is 0 Å². The summed E-state index contributed by atoms with van der Waals surface area (Å²) in [6.45, 7) is 7.59. The van der Waals surface area contributed by atoms with E-state index in [-0.39, 0.29) is 5.91 Å². The molecule has 2 aromatic heterocycles. The lowest BCUT2D eigenvalue weighted by Gasteiger charge is -2.30. The van der Waals surface area contributed by atoms with Crippen molar-refractivity contribution in [2.24, 2.45) is 5.92 Å². The molecule has 1 fully saturated rings. The van der Waals surface area contributed by atoms with Crippen molar-refractivity contribution in [2.75, 3.05) is 20.2 Å². The van der Waals surface area contributed by atoms with Gasteiger partial charge in [0.15, 0.2) is 10.9 Å². The third-order valence-electron chi connectivity index (χ3n) is 5.53. The van der Waals surface area contributed by atoms with Crippen LogP contribution in [0.5, 0.6) is 5.75 Å². The van der Waals surface area contributed by atoms with Crippen molar-refractivity contribution < 1.29 is 9.53 Å². The topological polar surface area (TPSA) is 86.0 Å². The summed E-state index contributed by atoms with van der Waals surface area (Å²) < 4.78 is 7.00. The Morgan fingerprint density at radius 2 is 1.91 bits per heavy atom. The summed E-state index contributed by atoms with van der Waals surface area (Å²) in [6, 6.07) is 9.50. The smallest absolute Gasteiger partial charge is 0.276 e. The predicted octanol–water partition coefficient (Wildman–Crippen LogP) is 3.85. The second kappa shape index (κ2) is 9.68. The molecule has 0 aliphatic carbocycles. The zero-order chi connectivity index (χ0) is 22.7. The Balaban J connectivity index is 1.67. The number of aryl methyl sites for hydroxylation is 2. The highest BCUT2D eigenvalue weighted by molar-refractivity contribution is 7.98. The molecule has 3 heterocycles. The van der Waals surface area contributed by atoms with Gasteiger partial charge in [0.05, 0.1) is 18.5 Å². The van der Waals surface area contributed by atoms with Gasteiger partial charge in [0.25, 0.3) is 5.91 Å². The molecule has 168 valence electrons. The molecule has 1 saturated heterocycles. The van der Waals surface area contributed by atoms with Crippen LogP contribution in [-0.2, 0) is 5.75 Å². The molecular formula is C23H28N6O2S. The summed E-state index contributed by atoms with van der Waals surface area (Å²) in [5.41, 5.74) is 3.79. The Labute approximate surface area is 192 Å². The lowest BCUT2D eigenvalue weighted by atomic mass is 10.00. The van der Waals surface area contributed by atoms with Crippen LogP contribution in [0.15, 0.2) is 35.5 Å². The summed E-state index contributed by atoms with van der Waals surface area (Å²) in [6.07, 6.45) is 2.16. The van der Waals surface area contributed by atoms with Crippen molar-refractivity contribution in [3.05, 3.63) is 53.1 Å². The molecule has 1 aromatic carbocycles. The van der Waals surface area contributed by atoms with Gasteiger partial charge in [-0.3, -0.25) is 4.79 Å². The van der Waals surface area contributed by atoms with Gasteiger partial charge in [-0.2, -0.15) is 0 Å². The Morgan fingerprint density at radius 1 is 1.19 bits per heavy atom. The SMILES string of the molecule is COc1ccc(-n2nnc(C(=O)N3CCCC(C)C3)c2CSc2nc(C)cc(C)n2)cc1. The minimum atomic E-state index is -0.0618. The van der Waals surface area contributed by atoms with E-state index in [0.29, 0.717) is 22.5 Å².